The van der Waals surface area contributed by atoms with E-state index in [1.54, 1.807) is 0 Å². The number of rotatable bonds is 6. The molecule has 19 heavy (non-hydrogen) atoms. The van der Waals surface area contributed by atoms with Crippen molar-refractivity contribution in [3.63, 3.8) is 0 Å². The second-order valence-electron chi connectivity index (χ2n) is 5.22. The van der Waals surface area contributed by atoms with E-state index in [4.69, 9.17) is 0 Å². The van der Waals surface area contributed by atoms with E-state index in [1.807, 2.05) is 24.3 Å². The van der Waals surface area contributed by atoms with Crippen molar-refractivity contribution in [3.05, 3.63) is 40.4 Å². The Bertz CT molecular complexity index is 589. The summed E-state index contributed by atoms with van der Waals surface area (Å²) in [5.74, 6) is 1.13. The second-order valence-corrected chi connectivity index (χ2v) is 5.22. The zero-order chi connectivity index (χ0) is 13.7. The Morgan fingerprint density at radius 2 is 2.00 bits per heavy atom. The van der Waals surface area contributed by atoms with Gasteiger partial charge in [0, 0.05) is 5.92 Å². The molecule has 0 amide bonds. The number of nitrogens with one attached hydrogen (secondary N) is 1. The molecule has 0 fully saturated rings. The van der Waals surface area contributed by atoms with Gasteiger partial charge in [-0.05, 0) is 18.6 Å². The molecule has 1 atom stereocenters. The third-order valence-electron chi connectivity index (χ3n) is 3.59. The minimum atomic E-state index is -0.0268. The highest BCUT2D eigenvalue weighted by Crippen LogP contribution is 2.19. The van der Waals surface area contributed by atoms with Gasteiger partial charge in [0.25, 0.3) is 5.56 Å². The quantitative estimate of drug-likeness (QED) is 0.796. The highest BCUT2D eigenvalue weighted by atomic mass is 16.1. The Morgan fingerprint density at radius 1 is 1.21 bits per heavy atom. The molecule has 2 rings (SSSR count). The summed E-state index contributed by atoms with van der Waals surface area (Å²) in [4.78, 5) is 19.5. The summed E-state index contributed by atoms with van der Waals surface area (Å²) in [6, 6.07) is 7.51. The largest absolute Gasteiger partial charge is 0.310 e. The van der Waals surface area contributed by atoms with Crippen LogP contribution in [0.2, 0.25) is 0 Å². The van der Waals surface area contributed by atoms with Crippen LogP contribution in [0.5, 0.6) is 0 Å². The van der Waals surface area contributed by atoms with E-state index in [0.717, 1.165) is 17.8 Å². The number of aromatic amines is 1. The Morgan fingerprint density at radius 3 is 2.79 bits per heavy atom. The standard InChI is InChI=1S/C16H22N2O/c1-3-4-5-6-9-12(2)15-17-14-11-8-7-10-13(14)16(19)18-15/h7-8,10-12H,3-6,9H2,1-2H3,(H,17,18,19). The lowest BCUT2D eigenvalue weighted by Crippen LogP contribution is -2.13. The summed E-state index contributed by atoms with van der Waals surface area (Å²) < 4.78 is 0. The summed E-state index contributed by atoms with van der Waals surface area (Å²) >= 11 is 0. The lowest BCUT2D eigenvalue weighted by Gasteiger charge is -2.11. The Kier molecular flexibility index (Phi) is 4.72. The van der Waals surface area contributed by atoms with Gasteiger partial charge in [-0.3, -0.25) is 4.79 Å². The predicted octanol–water partition coefficient (Wildman–Crippen LogP) is 4.00. The van der Waals surface area contributed by atoms with Crippen molar-refractivity contribution in [2.45, 2.75) is 51.9 Å². The molecule has 2 aromatic rings. The van der Waals surface area contributed by atoms with Crippen LogP contribution in [-0.2, 0) is 0 Å². The normalized spacial score (nSPS) is 12.7. The maximum Gasteiger partial charge on any atom is 0.258 e. The van der Waals surface area contributed by atoms with E-state index in [-0.39, 0.29) is 5.56 Å². The van der Waals surface area contributed by atoms with Crippen LogP contribution in [0.4, 0.5) is 0 Å². The number of hydrogen-bond acceptors (Lipinski definition) is 2. The Balaban J connectivity index is 2.14. The highest BCUT2D eigenvalue weighted by Gasteiger charge is 2.10. The second kappa shape index (κ2) is 6.50. The number of H-pyrrole nitrogens is 1. The van der Waals surface area contributed by atoms with Crippen molar-refractivity contribution in [2.75, 3.05) is 0 Å². The summed E-state index contributed by atoms with van der Waals surface area (Å²) in [7, 11) is 0. The molecule has 1 N–H and O–H groups in total. The van der Waals surface area contributed by atoms with Crippen LogP contribution >= 0.6 is 0 Å². The van der Waals surface area contributed by atoms with Crippen LogP contribution < -0.4 is 5.56 Å². The van der Waals surface area contributed by atoms with Gasteiger partial charge in [-0.1, -0.05) is 51.7 Å². The third-order valence-corrected chi connectivity index (χ3v) is 3.59. The first-order valence-electron chi connectivity index (χ1n) is 7.21. The molecule has 102 valence electrons. The van der Waals surface area contributed by atoms with Gasteiger partial charge in [-0.25, -0.2) is 4.98 Å². The van der Waals surface area contributed by atoms with Gasteiger partial charge >= 0.3 is 0 Å². The fourth-order valence-corrected chi connectivity index (χ4v) is 2.35. The number of hydrogen-bond donors (Lipinski definition) is 1. The summed E-state index contributed by atoms with van der Waals surface area (Å²) in [6.45, 7) is 4.35. The maximum atomic E-state index is 12.0. The minimum absolute atomic E-state index is 0.0268. The summed E-state index contributed by atoms with van der Waals surface area (Å²) in [5, 5.41) is 0.671. The van der Waals surface area contributed by atoms with Gasteiger partial charge in [0.1, 0.15) is 5.82 Å². The topological polar surface area (TPSA) is 45.8 Å². The van der Waals surface area contributed by atoms with Gasteiger partial charge in [-0.15, -0.1) is 0 Å². The number of aromatic nitrogens is 2. The first kappa shape index (κ1) is 13.8. The number of benzene rings is 1. The monoisotopic (exact) mass is 258 g/mol. The highest BCUT2D eigenvalue weighted by molar-refractivity contribution is 5.77. The molecule has 0 radical (unpaired) electrons. The number of unbranched alkanes of at least 4 members (excludes halogenated alkanes) is 3. The third kappa shape index (κ3) is 3.43. The van der Waals surface area contributed by atoms with E-state index in [9.17, 15) is 4.79 Å². The van der Waals surface area contributed by atoms with Crippen molar-refractivity contribution in [1.29, 1.82) is 0 Å². The van der Waals surface area contributed by atoms with E-state index < -0.39 is 0 Å². The predicted molar refractivity (Wildman–Crippen MR) is 79.5 cm³/mol. The van der Waals surface area contributed by atoms with Crippen LogP contribution in [0, 0.1) is 0 Å². The summed E-state index contributed by atoms with van der Waals surface area (Å²) in [6.07, 6.45) is 6.08. The molecular formula is C16H22N2O. The van der Waals surface area contributed by atoms with Crippen molar-refractivity contribution in [2.24, 2.45) is 0 Å². The molecule has 0 bridgehead atoms. The molecule has 0 saturated carbocycles. The number of fused-ring (bicyclic) bond motifs is 1. The smallest absolute Gasteiger partial charge is 0.258 e. The molecule has 1 aromatic heterocycles. The molecule has 3 heteroatoms. The zero-order valence-electron chi connectivity index (χ0n) is 11.8. The Labute approximate surface area is 114 Å². The van der Waals surface area contributed by atoms with E-state index in [0.29, 0.717) is 11.3 Å². The zero-order valence-corrected chi connectivity index (χ0v) is 11.8. The number of nitrogens with zero attached hydrogens (tertiary/aromatic N) is 1. The fourth-order valence-electron chi connectivity index (χ4n) is 2.35. The van der Waals surface area contributed by atoms with Gasteiger partial charge < -0.3 is 4.98 Å². The minimum Gasteiger partial charge on any atom is -0.310 e. The Hall–Kier alpha value is -1.64. The van der Waals surface area contributed by atoms with Crippen LogP contribution in [0.1, 0.15) is 57.7 Å². The van der Waals surface area contributed by atoms with Crippen LogP contribution in [0.15, 0.2) is 29.1 Å². The van der Waals surface area contributed by atoms with Crippen LogP contribution in [0.3, 0.4) is 0 Å². The van der Waals surface area contributed by atoms with Crippen LogP contribution in [-0.4, -0.2) is 9.97 Å². The average Bonchev–Trinajstić information content (AvgIpc) is 2.43. The van der Waals surface area contributed by atoms with E-state index in [1.165, 1.54) is 25.7 Å². The fraction of sp³-hybridized carbons (Fsp3) is 0.500. The molecule has 0 saturated heterocycles. The first-order chi connectivity index (χ1) is 9.22. The first-order valence-corrected chi connectivity index (χ1v) is 7.21. The molecule has 0 aliphatic carbocycles. The van der Waals surface area contributed by atoms with Gasteiger partial charge in [0.2, 0.25) is 0 Å². The van der Waals surface area contributed by atoms with Gasteiger partial charge in [0.15, 0.2) is 0 Å². The van der Waals surface area contributed by atoms with E-state index >= 15 is 0 Å². The molecule has 0 spiro atoms. The molecule has 3 nitrogen and oxygen atoms in total. The molecule has 0 aliphatic heterocycles. The number of para-hydroxylation sites is 1. The van der Waals surface area contributed by atoms with Crippen molar-refractivity contribution in [3.8, 4) is 0 Å². The molecule has 0 aliphatic rings. The molecular weight excluding hydrogens is 236 g/mol. The van der Waals surface area contributed by atoms with Crippen LogP contribution in [0.25, 0.3) is 10.9 Å². The lowest BCUT2D eigenvalue weighted by atomic mass is 10.0. The van der Waals surface area contributed by atoms with Gasteiger partial charge in [0.05, 0.1) is 10.9 Å². The molecule has 1 unspecified atom stereocenters. The molecule has 1 aromatic carbocycles. The van der Waals surface area contributed by atoms with Crippen molar-refractivity contribution >= 4 is 10.9 Å². The lowest BCUT2D eigenvalue weighted by molar-refractivity contribution is 0.562. The average molecular weight is 258 g/mol. The summed E-state index contributed by atoms with van der Waals surface area (Å²) in [5.41, 5.74) is 0.766. The van der Waals surface area contributed by atoms with E-state index in [2.05, 4.69) is 23.8 Å². The molecule has 1 heterocycles. The SMILES string of the molecule is CCCCCCC(C)c1nc2ccccc2c(=O)[nH]1. The van der Waals surface area contributed by atoms with Crippen molar-refractivity contribution < 1.29 is 0 Å². The van der Waals surface area contributed by atoms with Gasteiger partial charge in [-0.2, -0.15) is 0 Å². The van der Waals surface area contributed by atoms with Crippen molar-refractivity contribution in [1.82, 2.24) is 9.97 Å². The maximum absolute atomic E-state index is 12.0.